The molecule has 0 N–H and O–H groups in total. The zero-order chi connectivity index (χ0) is 27.1. The minimum Gasteiger partial charge on any atom is -0.426 e. The minimum absolute atomic E-state index is 0.163. The Hall–Kier alpha value is -2.00. The van der Waals surface area contributed by atoms with Gasteiger partial charge in [0.2, 0.25) is 0 Å². The van der Waals surface area contributed by atoms with Crippen LogP contribution in [-0.2, 0) is 9.53 Å². The molecule has 1 aromatic carbocycles. The number of nitrogens with zero attached hydrogens (tertiary/aromatic N) is 1. The molecule has 1 unspecified atom stereocenters. The molecule has 0 radical (unpaired) electrons. The van der Waals surface area contributed by atoms with Crippen LogP contribution in [0.25, 0.3) is 0 Å². The Morgan fingerprint density at radius 1 is 1.03 bits per heavy atom. The third kappa shape index (κ3) is 6.76. The van der Waals surface area contributed by atoms with Crippen LogP contribution in [0.3, 0.4) is 0 Å². The van der Waals surface area contributed by atoms with E-state index in [2.05, 4.69) is 13.8 Å². The second kappa shape index (κ2) is 13.4. The molecule has 3 aliphatic carbocycles. The van der Waals surface area contributed by atoms with Gasteiger partial charge in [0.05, 0.1) is 12.0 Å². The predicted octanol–water partition coefficient (Wildman–Crippen LogP) is 8.51. The summed E-state index contributed by atoms with van der Waals surface area (Å²) in [6.45, 7) is 5.67. The molecule has 3 saturated carbocycles. The Labute approximate surface area is 227 Å². The average molecular weight is 530 g/mol. The van der Waals surface area contributed by atoms with E-state index >= 15 is 0 Å². The Kier molecular flexibility index (Phi) is 10.2. The maximum absolute atomic E-state index is 13.8. The fraction of sp³-hybridized carbons (Fsp3) is 0.750. The molecule has 0 aliphatic heterocycles. The summed E-state index contributed by atoms with van der Waals surface area (Å²) < 4.78 is 39.2. The number of halogens is 2. The topological polar surface area (TPSA) is 59.3 Å². The standard InChI is InChI=1S/C32H45F2NO3/c1-3-7-22(2)32(16-5-4-6-17-32)25-12-8-23(9-13-25)21-37-26-14-10-24(11-15-26)31(36)38-27-18-29(33)28(20-35)30(34)19-27/h18-19,22-26H,3-17,21H2,1-2H3. The van der Waals surface area contributed by atoms with Gasteiger partial charge < -0.3 is 9.47 Å². The summed E-state index contributed by atoms with van der Waals surface area (Å²) in [7, 11) is 0. The summed E-state index contributed by atoms with van der Waals surface area (Å²) >= 11 is 0. The van der Waals surface area contributed by atoms with Crippen molar-refractivity contribution < 1.29 is 23.0 Å². The van der Waals surface area contributed by atoms with Gasteiger partial charge in [0, 0.05) is 18.7 Å². The maximum atomic E-state index is 13.8. The molecule has 0 amide bonds. The van der Waals surface area contributed by atoms with Crippen molar-refractivity contribution in [1.29, 1.82) is 5.26 Å². The fourth-order valence-corrected chi connectivity index (χ4v) is 7.79. The van der Waals surface area contributed by atoms with E-state index in [1.165, 1.54) is 76.7 Å². The van der Waals surface area contributed by atoms with Crippen molar-refractivity contribution in [2.24, 2.45) is 29.1 Å². The van der Waals surface area contributed by atoms with Gasteiger partial charge in [-0.3, -0.25) is 4.79 Å². The first-order valence-electron chi connectivity index (χ1n) is 15.1. The lowest BCUT2D eigenvalue weighted by Gasteiger charge is -2.50. The van der Waals surface area contributed by atoms with E-state index in [1.807, 2.05) is 0 Å². The van der Waals surface area contributed by atoms with E-state index in [1.54, 1.807) is 0 Å². The molecule has 0 heterocycles. The van der Waals surface area contributed by atoms with Crippen molar-refractivity contribution in [2.45, 2.75) is 116 Å². The van der Waals surface area contributed by atoms with Crippen LogP contribution in [0.2, 0.25) is 0 Å². The lowest BCUT2D eigenvalue weighted by Crippen LogP contribution is -2.41. The van der Waals surface area contributed by atoms with Crippen LogP contribution in [0.1, 0.15) is 116 Å². The van der Waals surface area contributed by atoms with Crippen molar-refractivity contribution in [3.63, 3.8) is 0 Å². The van der Waals surface area contributed by atoms with Gasteiger partial charge in [-0.1, -0.05) is 46.0 Å². The lowest BCUT2D eigenvalue weighted by atomic mass is 9.55. The van der Waals surface area contributed by atoms with E-state index in [9.17, 15) is 13.6 Å². The zero-order valence-corrected chi connectivity index (χ0v) is 23.3. The first kappa shape index (κ1) is 29.0. The molecule has 210 valence electrons. The monoisotopic (exact) mass is 529 g/mol. The molecule has 4 nitrogen and oxygen atoms in total. The summed E-state index contributed by atoms with van der Waals surface area (Å²) in [5, 5.41) is 8.79. The number of nitriles is 1. The number of esters is 1. The molecular weight excluding hydrogens is 484 g/mol. The number of rotatable bonds is 9. The lowest BCUT2D eigenvalue weighted by molar-refractivity contribution is -0.141. The van der Waals surface area contributed by atoms with Crippen LogP contribution in [-0.4, -0.2) is 18.7 Å². The van der Waals surface area contributed by atoms with Crippen molar-refractivity contribution in [3.8, 4) is 11.8 Å². The highest BCUT2D eigenvalue weighted by molar-refractivity contribution is 5.75. The van der Waals surface area contributed by atoms with Crippen LogP contribution >= 0.6 is 0 Å². The van der Waals surface area contributed by atoms with Gasteiger partial charge in [0.25, 0.3) is 0 Å². The molecular formula is C32H45F2NO3. The Balaban J connectivity index is 1.19. The predicted molar refractivity (Wildman–Crippen MR) is 143 cm³/mol. The summed E-state index contributed by atoms with van der Waals surface area (Å²) in [5.41, 5.74) is -0.0990. The van der Waals surface area contributed by atoms with Crippen LogP contribution in [0.5, 0.6) is 5.75 Å². The number of hydrogen-bond acceptors (Lipinski definition) is 4. The van der Waals surface area contributed by atoms with Gasteiger partial charge in [-0.05, 0) is 87.4 Å². The molecule has 0 spiro atoms. The molecule has 0 bridgehead atoms. The van der Waals surface area contributed by atoms with Crippen LogP contribution in [0.4, 0.5) is 8.78 Å². The van der Waals surface area contributed by atoms with E-state index < -0.39 is 23.2 Å². The number of ether oxygens (including phenoxy) is 2. The molecule has 0 aromatic heterocycles. The number of carbonyl (C=O) groups excluding carboxylic acids is 1. The largest absolute Gasteiger partial charge is 0.426 e. The van der Waals surface area contributed by atoms with Crippen molar-refractivity contribution in [2.75, 3.05) is 6.61 Å². The summed E-state index contributed by atoms with van der Waals surface area (Å²) in [5.74, 6) is -0.670. The smallest absolute Gasteiger partial charge is 0.314 e. The fourth-order valence-electron chi connectivity index (χ4n) is 7.79. The molecule has 3 aliphatic rings. The normalized spacial score (nSPS) is 28.3. The van der Waals surface area contributed by atoms with Crippen molar-refractivity contribution in [3.05, 3.63) is 29.3 Å². The van der Waals surface area contributed by atoms with Gasteiger partial charge in [-0.2, -0.15) is 5.26 Å². The SMILES string of the molecule is CCCC(C)C1(C2CCC(COC3CCC(C(=O)Oc4cc(F)c(C#N)c(F)c4)CC3)CC2)CCCCC1. The van der Waals surface area contributed by atoms with E-state index in [4.69, 9.17) is 14.7 Å². The molecule has 4 rings (SSSR count). The van der Waals surface area contributed by atoms with Crippen LogP contribution in [0.15, 0.2) is 12.1 Å². The summed E-state index contributed by atoms with van der Waals surface area (Å²) in [6, 6.07) is 3.26. The van der Waals surface area contributed by atoms with Crippen molar-refractivity contribution >= 4 is 5.97 Å². The molecule has 38 heavy (non-hydrogen) atoms. The molecule has 6 heteroatoms. The third-order valence-corrected chi connectivity index (χ3v) is 10.1. The first-order valence-corrected chi connectivity index (χ1v) is 15.1. The number of carbonyl (C=O) groups is 1. The van der Waals surface area contributed by atoms with Crippen molar-refractivity contribution in [1.82, 2.24) is 0 Å². The Bertz CT molecular complexity index is 944. The summed E-state index contributed by atoms with van der Waals surface area (Å²) in [4.78, 5) is 12.6. The van der Waals surface area contributed by atoms with E-state index in [0.717, 1.165) is 43.4 Å². The number of hydrogen-bond donors (Lipinski definition) is 0. The highest BCUT2D eigenvalue weighted by atomic mass is 19.1. The summed E-state index contributed by atoms with van der Waals surface area (Å²) in [6.07, 6.45) is 18.0. The Morgan fingerprint density at radius 3 is 2.24 bits per heavy atom. The maximum Gasteiger partial charge on any atom is 0.314 e. The Morgan fingerprint density at radius 2 is 1.66 bits per heavy atom. The van der Waals surface area contributed by atoms with E-state index in [0.29, 0.717) is 24.2 Å². The third-order valence-electron chi connectivity index (χ3n) is 10.1. The number of benzene rings is 1. The van der Waals surface area contributed by atoms with Crippen LogP contribution < -0.4 is 4.74 Å². The molecule has 1 aromatic rings. The second-order valence-corrected chi connectivity index (χ2v) is 12.3. The van der Waals surface area contributed by atoms with Crippen LogP contribution in [0, 0.1) is 52.1 Å². The van der Waals surface area contributed by atoms with Gasteiger partial charge in [0.1, 0.15) is 29.0 Å². The van der Waals surface area contributed by atoms with Gasteiger partial charge in [0.15, 0.2) is 0 Å². The van der Waals surface area contributed by atoms with Gasteiger partial charge >= 0.3 is 5.97 Å². The second-order valence-electron chi connectivity index (χ2n) is 12.3. The zero-order valence-electron chi connectivity index (χ0n) is 23.3. The highest BCUT2D eigenvalue weighted by Crippen LogP contribution is 2.54. The van der Waals surface area contributed by atoms with Gasteiger partial charge in [-0.15, -0.1) is 0 Å². The van der Waals surface area contributed by atoms with Gasteiger partial charge in [-0.25, -0.2) is 8.78 Å². The molecule has 1 atom stereocenters. The molecule has 3 fully saturated rings. The quantitative estimate of drug-likeness (QED) is 0.238. The molecule has 0 saturated heterocycles. The first-order chi connectivity index (χ1) is 18.4. The highest BCUT2D eigenvalue weighted by Gasteiger charge is 2.44. The average Bonchev–Trinajstić information content (AvgIpc) is 2.93. The van der Waals surface area contributed by atoms with E-state index in [-0.39, 0.29) is 17.8 Å². The minimum atomic E-state index is -1.02.